The number of hydrogen-bond acceptors (Lipinski definition) is 3. The van der Waals surface area contributed by atoms with Gasteiger partial charge in [0.15, 0.2) is 0 Å². The molecule has 1 saturated heterocycles. The van der Waals surface area contributed by atoms with Gasteiger partial charge in [-0.2, -0.15) is 0 Å². The van der Waals surface area contributed by atoms with E-state index in [4.69, 9.17) is 0 Å². The van der Waals surface area contributed by atoms with Crippen LogP contribution >= 0.6 is 0 Å². The van der Waals surface area contributed by atoms with Crippen molar-refractivity contribution in [2.24, 2.45) is 0 Å². The summed E-state index contributed by atoms with van der Waals surface area (Å²) >= 11 is 0. The van der Waals surface area contributed by atoms with Crippen LogP contribution < -0.4 is 10.2 Å². The third-order valence-corrected chi connectivity index (χ3v) is 6.71. The maximum absolute atomic E-state index is 12.8. The zero-order valence-corrected chi connectivity index (χ0v) is 21.4. The zero-order chi connectivity index (χ0) is 25.5. The first kappa shape index (κ1) is 25.2. The molecule has 36 heavy (non-hydrogen) atoms. The second kappa shape index (κ2) is 11.7. The molecule has 0 bridgehead atoms. The SMILES string of the molecule is CCc1ccc(C(=O)N2CCN(c3ccc(NC(=O)/C=C/c4ccc(C(C)C)cc4)cc3)CC2)cc1. The molecule has 1 fully saturated rings. The topological polar surface area (TPSA) is 52.7 Å². The number of carbonyl (C=O) groups excluding carboxylic acids is 2. The van der Waals surface area contributed by atoms with Crippen LogP contribution in [0.5, 0.6) is 0 Å². The minimum atomic E-state index is -0.158. The van der Waals surface area contributed by atoms with Crippen molar-refractivity contribution in [1.29, 1.82) is 0 Å². The summed E-state index contributed by atoms with van der Waals surface area (Å²) in [6.07, 6.45) is 4.36. The number of amides is 2. The molecule has 0 unspecified atom stereocenters. The van der Waals surface area contributed by atoms with E-state index in [-0.39, 0.29) is 11.8 Å². The van der Waals surface area contributed by atoms with Gasteiger partial charge in [-0.3, -0.25) is 9.59 Å². The van der Waals surface area contributed by atoms with Crippen LogP contribution in [0.25, 0.3) is 6.08 Å². The van der Waals surface area contributed by atoms with Gasteiger partial charge in [0.05, 0.1) is 0 Å². The van der Waals surface area contributed by atoms with Crippen molar-refractivity contribution in [2.75, 3.05) is 36.4 Å². The molecule has 0 radical (unpaired) electrons. The second-order valence-electron chi connectivity index (χ2n) is 9.52. The third-order valence-electron chi connectivity index (χ3n) is 6.71. The molecule has 0 atom stereocenters. The number of nitrogens with one attached hydrogen (secondary N) is 1. The Labute approximate surface area is 214 Å². The lowest BCUT2D eigenvalue weighted by Gasteiger charge is -2.36. The predicted molar refractivity (Wildman–Crippen MR) is 149 cm³/mol. The van der Waals surface area contributed by atoms with Crippen molar-refractivity contribution < 1.29 is 9.59 Å². The van der Waals surface area contributed by atoms with E-state index in [1.54, 1.807) is 6.08 Å². The van der Waals surface area contributed by atoms with Crippen molar-refractivity contribution in [3.63, 3.8) is 0 Å². The van der Waals surface area contributed by atoms with Crippen LogP contribution in [0, 0.1) is 0 Å². The number of benzene rings is 3. The summed E-state index contributed by atoms with van der Waals surface area (Å²) in [7, 11) is 0. The first-order valence-electron chi connectivity index (χ1n) is 12.7. The van der Waals surface area contributed by atoms with Gasteiger partial charge in [0.2, 0.25) is 5.91 Å². The number of carbonyl (C=O) groups is 2. The first-order valence-corrected chi connectivity index (χ1v) is 12.7. The van der Waals surface area contributed by atoms with Crippen molar-refractivity contribution >= 4 is 29.3 Å². The maximum Gasteiger partial charge on any atom is 0.253 e. The van der Waals surface area contributed by atoms with Gasteiger partial charge in [-0.15, -0.1) is 0 Å². The van der Waals surface area contributed by atoms with Crippen LogP contribution in [0.4, 0.5) is 11.4 Å². The fourth-order valence-corrected chi connectivity index (χ4v) is 4.34. The highest BCUT2D eigenvalue weighted by molar-refractivity contribution is 6.02. The van der Waals surface area contributed by atoms with E-state index in [2.05, 4.69) is 43.1 Å². The van der Waals surface area contributed by atoms with E-state index < -0.39 is 0 Å². The Morgan fingerprint density at radius 1 is 0.861 bits per heavy atom. The number of rotatable bonds is 7. The Balaban J connectivity index is 1.27. The van der Waals surface area contributed by atoms with Crippen molar-refractivity contribution in [1.82, 2.24) is 4.90 Å². The van der Waals surface area contributed by atoms with Crippen LogP contribution in [0.1, 0.15) is 53.7 Å². The van der Waals surface area contributed by atoms with Crippen molar-refractivity contribution in [2.45, 2.75) is 33.1 Å². The van der Waals surface area contributed by atoms with Gasteiger partial charge >= 0.3 is 0 Å². The molecule has 1 aliphatic rings. The molecule has 3 aromatic carbocycles. The number of aryl methyl sites for hydroxylation is 1. The second-order valence-corrected chi connectivity index (χ2v) is 9.52. The molecule has 5 heteroatoms. The maximum atomic E-state index is 12.8. The Bertz CT molecular complexity index is 1190. The molecule has 1 N–H and O–H groups in total. The number of hydrogen-bond donors (Lipinski definition) is 1. The molecule has 0 aromatic heterocycles. The lowest BCUT2D eigenvalue weighted by atomic mass is 10.0. The van der Waals surface area contributed by atoms with Gasteiger partial charge < -0.3 is 15.1 Å². The summed E-state index contributed by atoms with van der Waals surface area (Å²) in [5.74, 6) is 0.429. The number of piperazine rings is 1. The summed E-state index contributed by atoms with van der Waals surface area (Å²) in [5.41, 5.74) is 6.12. The van der Waals surface area contributed by atoms with Gasteiger partial charge in [0, 0.05) is 49.2 Å². The highest BCUT2D eigenvalue weighted by Crippen LogP contribution is 2.21. The Hall–Kier alpha value is -3.86. The smallest absolute Gasteiger partial charge is 0.253 e. The Morgan fingerprint density at radius 3 is 2.08 bits per heavy atom. The molecule has 4 rings (SSSR count). The van der Waals surface area contributed by atoms with E-state index in [1.807, 2.05) is 71.6 Å². The van der Waals surface area contributed by atoms with Crippen LogP contribution in [0.2, 0.25) is 0 Å². The predicted octanol–water partition coefficient (Wildman–Crippen LogP) is 5.99. The monoisotopic (exact) mass is 481 g/mol. The minimum absolute atomic E-state index is 0.0966. The highest BCUT2D eigenvalue weighted by Gasteiger charge is 2.22. The van der Waals surface area contributed by atoms with Crippen LogP contribution in [0.3, 0.4) is 0 Å². The molecule has 0 spiro atoms. The fourth-order valence-electron chi connectivity index (χ4n) is 4.34. The summed E-state index contributed by atoms with van der Waals surface area (Å²) in [6, 6.07) is 24.1. The van der Waals surface area contributed by atoms with Gasteiger partial charge in [0.1, 0.15) is 0 Å². The standard InChI is InChI=1S/C31H35N3O2/c1-4-24-5-12-27(13-6-24)31(36)34-21-19-33(20-22-34)29-16-14-28(15-17-29)32-30(35)18-9-25-7-10-26(11-8-25)23(2)3/h5-18,23H,4,19-22H2,1-3H3,(H,32,35)/b18-9+. The van der Waals surface area contributed by atoms with E-state index in [0.29, 0.717) is 19.0 Å². The normalized spacial score (nSPS) is 13.9. The average Bonchev–Trinajstić information content (AvgIpc) is 2.92. The molecule has 1 aliphatic heterocycles. The van der Waals surface area contributed by atoms with Gasteiger partial charge in [-0.1, -0.05) is 57.2 Å². The molecule has 0 saturated carbocycles. The average molecular weight is 482 g/mol. The summed E-state index contributed by atoms with van der Waals surface area (Å²) in [6.45, 7) is 9.38. The van der Waals surface area contributed by atoms with E-state index in [0.717, 1.165) is 42.0 Å². The fraction of sp³-hybridized carbons (Fsp3) is 0.290. The summed E-state index contributed by atoms with van der Waals surface area (Å²) < 4.78 is 0. The quantitative estimate of drug-likeness (QED) is 0.422. The number of nitrogens with zero attached hydrogens (tertiary/aromatic N) is 2. The largest absolute Gasteiger partial charge is 0.368 e. The van der Waals surface area contributed by atoms with Gasteiger partial charge in [-0.05, 0) is 71.5 Å². The molecule has 3 aromatic rings. The van der Waals surface area contributed by atoms with Crippen LogP contribution in [-0.2, 0) is 11.2 Å². The molecule has 5 nitrogen and oxygen atoms in total. The van der Waals surface area contributed by atoms with Gasteiger partial charge in [-0.25, -0.2) is 0 Å². The molecular weight excluding hydrogens is 446 g/mol. The van der Waals surface area contributed by atoms with E-state index in [9.17, 15) is 9.59 Å². The Kier molecular flexibility index (Phi) is 8.21. The van der Waals surface area contributed by atoms with Crippen molar-refractivity contribution in [3.05, 3.63) is 101 Å². The lowest BCUT2D eigenvalue weighted by molar-refractivity contribution is -0.111. The summed E-state index contributed by atoms with van der Waals surface area (Å²) in [5, 5.41) is 2.92. The molecular formula is C31H35N3O2. The number of anilines is 2. The minimum Gasteiger partial charge on any atom is -0.368 e. The molecule has 0 aliphatic carbocycles. The zero-order valence-electron chi connectivity index (χ0n) is 21.4. The molecule has 1 heterocycles. The Morgan fingerprint density at radius 2 is 1.50 bits per heavy atom. The van der Waals surface area contributed by atoms with E-state index >= 15 is 0 Å². The van der Waals surface area contributed by atoms with Crippen LogP contribution in [0.15, 0.2) is 78.9 Å². The van der Waals surface area contributed by atoms with Gasteiger partial charge in [0.25, 0.3) is 5.91 Å². The summed E-state index contributed by atoms with van der Waals surface area (Å²) in [4.78, 5) is 29.4. The first-order chi connectivity index (χ1) is 17.4. The lowest BCUT2D eigenvalue weighted by Crippen LogP contribution is -2.48. The highest BCUT2D eigenvalue weighted by atomic mass is 16.2. The third kappa shape index (κ3) is 6.42. The van der Waals surface area contributed by atoms with Crippen molar-refractivity contribution in [3.8, 4) is 0 Å². The van der Waals surface area contributed by atoms with Crippen LogP contribution in [-0.4, -0.2) is 42.9 Å². The molecule has 2 amide bonds. The molecule has 186 valence electrons. The van der Waals surface area contributed by atoms with E-state index in [1.165, 1.54) is 11.1 Å².